The highest BCUT2D eigenvalue weighted by Crippen LogP contribution is 2.33. The summed E-state index contributed by atoms with van der Waals surface area (Å²) in [5, 5.41) is 1.12. The average molecular weight is 414 g/mol. The fraction of sp³-hybridized carbons (Fsp3) is 0.407. The zero-order valence-corrected chi connectivity index (χ0v) is 18.4. The van der Waals surface area contributed by atoms with Crippen molar-refractivity contribution in [3.63, 3.8) is 0 Å². The highest BCUT2D eigenvalue weighted by molar-refractivity contribution is 5.98. The number of amides is 1. The van der Waals surface area contributed by atoms with Crippen LogP contribution >= 0.6 is 0 Å². The lowest BCUT2D eigenvalue weighted by Gasteiger charge is -2.38. The van der Waals surface area contributed by atoms with E-state index < -0.39 is 0 Å². The first-order chi connectivity index (χ1) is 15.2. The Balaban J connectivity index is 1.41. The van der Waals surface area contributed by atoms with Gasteiger partial charge in [0, 0.05) is 43.3 Å². The number of hydrogen-bond acceptors (Lipinski definition) is 3. The number of piperazine rings is 1. The van der Waals surface area contributed by atoms with Gasteiger partial charge in [0.25, 0.3) is 0 Å². The summed E-state index contributed by atoms with van der Waals surface area (Å²) >= 11 is 0. The molecule has 0 spiro atoms. The molecule has 0 atom stereocenters. The van der Waals surface area contributed by atoms with E-state index in [2.05, 4.69) is 52.3 Å². The van der Waals surface area contributed by atoms with Crippen LogP contribution in [0.1, 0.15) is 36.9 Å². The highest BCUT2D eigenvalue weighted by Gasteiger charge is 2.28. The minimum atomic E-state index is 0.225. The van der Waals surface area contributed by atoms with Gasteiger partial charge in [0.2, 0.25) is 5.91 Å². The van der Waals surface area contributed by atoms with Crippen LogP contribution in [0.5, 0.6) is 0 Å². The summed E-state index contributed by atoms with van der Waals surface area (Å²) in [7, 11) is 0. The molecule has 2 heterocycles. The third kappa shape index (κ3) is 4.09. The number of carbonyl (C=O) groups is 1. The Labute approximate surface area is 184 Å². The number of pyridine rings is 1. The number of aryl methyl sites for hydroxylation is 1. The highest BCUT2D eigenvalue weighted by atomic mass is 16.2. The van der Waals surface area contributed by atoms with Crippen LogP contribution in [0.3, 0.4) is 0 Å². The number of benzene rings is 2. The third-order valence-corrected chi connectivity index (χ3v) is 7.10. The largest absolute Gasteiger partial charge is 0.340 e. The van der Waals surface area contributed by atoms with Crippen molar-refractivity contribution in [2.24, 2.45) is 0 Å². The summed E-state index contributed by atoms with van der Waals surface area (Å²) < 4.78 is 0. The number of para-hydroxylation sites is 1. The lowest BCUT2D eigenvalue weighted by molar-refractivity contribution is -0.132. The van der Waals surface area contributed by atoms with Crippen LogP contribution < -0.4 is 0 Å². The van der Waals surface area contributed by atoms with Gasteiger partial charge in [-0.05, 0) is 42.5 Å². The van der Waals surface area contributed by atoms with E-state index in [0.717, 1.165) is 65.5 Å². The van der Waals surface area contributed by atoms with Crippen molar-refractivity contribution in [1.82, 2.24) is 14.8 Å². The van der Waals surface area contributed by atoms with Gasteiger partial charge in [-0.1, -0.05) is 61.4 Å². The van der Waals surface area contributed by atoms with Gasteiger partial charge in [0.15, 0.2) is 0 Å². The van der Waals surface area contributed by atoms with Crippen LogP contribution in [0, 0.1) is 6.92 Å². The molecule has 31 heavy (non-hydrogen) atoms. The van der Waals surface area contributed by atoms with E-state index in [0.29, 0.717) is 6.42 Å². The minimum Gasteiger partial charge on any atom is -0.340 e. The van der Waals surface area contributed by atoms with Crippen molar-refractivity contribution >= 4 is 16.8 Å². The molecule has 1 aliphatic heterocycles. The molecule has 1 aliphatic carbocycles. The first-order valence-corrected chi connectivity index (χ1v) is 11.7. The zero-order chi connectivity index (χ0) is 21.2. The number of hydrogen-bond donors (Lipinski definition) is 0. The molecule has 0 N–H and O–H groups in total. The Kier molecular flexibility index (Phi) is 5.73. The topological polar surface area (TPSA) is 36.4 Å². The van der Waals surface area contributed by atoms with Gasteiger partial charge >= 0.3 is 0 Å². The maximum absolute atomic E-state index is 13.3. The lowest BCUT2D eigenvalue weighted by atomic mass is 9.92. The molecular weight excluding hydrogens is 382 g/mol. The number of aromatic nitrogens is 1. The Morgan fingerprint density at radius 2 is 1.61 bits per heavy atom. The molecule has 0 radical (unpaired) electrons. The van der Waals surface area contributed by atoms with E-state index in [1.807, 2.05) is 19.1 Å². The van der Waals surface area contributed by atoms with Crippen molar-refractivity contribution in [1.29, 1.82) is 0 Å². The molecule has 2 aliphatic rings. The molecule has 2 fully saturated rings. The van der Waals surface area contributed by atoms with E-state index in [1.165, 1.54) is 25.7 Å². The average Bonchev–Trinajstić information content (AvgIpc) is 3.35. The maximum Gasteiger partial charge on any atom is 0.227 e. The molecule has 160 valence electrons. The second-order valence-electron chi connectivity index (χ2n) is 8.97. The Morgan fingerprint density at radius 1 is 0.935 bits per heavy atom. The molecule has 1 saturated carbocycles. The van der Waals surface area contributed by atoms with Crippen molar-refractivity contribution in [2.75, 3.05) is 26.2 Å². The first kappa shape index (κ1) is 20.2. The summed E-state index contributed by atoms with van der Waals surface area (Å²) in [6, 6.07) is 19.4. The SMILES string of the molecule is Cc1nc2ccccc2c(-c2ccccc2)c1CC(=O)N1CCN(C2CCCC2)CC1. The molecule has 1 amide bonds. The summed E-state index contributed by atoms with van der Waals surface area (Å²) in [5.74, 6) is 0.225. The zero-order valence-electron chi connectivity index (χ0n) is 18.4. The molecule has 4 heteroatoms. The Hall–Kier alpha value is -2.72. The fourth-order valence-corrected chi connectivity index (χ4v) is 5.39. The van der Waals surface area contributed by atoms with Gasteiger partial charge in [0.1, 0.15) is 0 Å². The summed E-state index contributed by atoms with van der Waals surface area (Å²) in [5.41, 5.74) is 5.31. The van der Waals surface area contributed by atoms with E-state index in [9.17, 15) is 4.79 Å². The van der Waals surface area contributed by atoms with Gasteiger partial charge in [0.05, 0.1) is 11.9 Å². The van der Waals surface area contributed by atoms with Gasteiger partial charge in [-0.2, -0.15) is 0 Å². The number of nitrogens with zero attached hydrogens (tertiary/aromatic N) is 3. The predicted octanol–water partition coefficient (Wildman–Crippen LogP) is 4.84. The van der Waals surface area contributed by atoms with Crippen molar-refractivity contribution in [2.45, 2.75) is 45.1 Å². The molecule has 5 rings (SSSR count). The summed E-state index contributed by atoms with van der Waals surface area (Å²) in [4.78, 5) is 22.9. The van der Waals surface area contributed by atoms with E-state index in [1.54, 1.807) is 0 Å². The molecule has 0 unspecified atom stereocenters. The summed E-state index contributed by atoms with van der Waals surface area (Å²) in [6.07, 6.45) is 5.80. The third-order valence-electron chi connectivity index (χ3n) is 7.10. The molecule has 2 aromatic carbocycles. The Bertz CT molecular complexity index is 1060. The van der Waals surface area contributed by atoms with Crippen molar-refractivity contribution in [3.8, 4) is 11.1 Å². The minimum absolute atomic E-state index is 0.225. The van der Waals surface area contributed by atoms with Crippen LogP contribution in [0.25, 0.3) is 22.0 Å². The molecule has 4 nitrogen and oxygen atoms in total. The van der Waals surface area contributed by atoms with Gasteiger partial charge in [-0.15, -0.1) is 0 Å². The normalized spacial score (nSPS) is 18.0. The quantitative estimate of drug-likeness (QED) is 0.614. The van der Waals surface area contributed by atoms with Gasteiger partial charge in [-0.25, -0.2) is 0 Å². The van der Waals surface area contributed by atoms with Crippen molar-refractivity contribution in [3.05, 3.63) is 65.9 Å². The predicted molar refractivity (Wildman–Crippen MR) is 126 cm³/mol. The molecule has 0 bridgehead atoms. The molecule has 1 saturated heterocycles. The smallest absolute Gasteiger partial charge is 0.227 e. The molecule has 3 aromatic rings. The molecule has 1 aromatic heterocycles. The van der Waals surface area contributed by atoms with Crippen LogP contribution in [-0.2, 0) is 11.2 Å². The summed E-state index contributed by atoms with van der Waals surface area (Å²) in [6.45, 7) is 5.75. The maximum atomic E-state index is 13.3. The number of rotatable bonds is 4. The number of fused-ring (bicyclic) bond motifs is 1. The van der Waals surface area contributed by atoms with Crippen LogP contribution in [-0.4, -0.2) is 52.9 Å². The Morgan fingerprint density at radius 3 is 2.35 bits per heavy atom. The first-order valence-electron chi connectivity index (χ1n) is 11.7. The monoisotopic (exact) mass is 413 g/mol. The van der Waals surface area contributed by atoms with Gasteiger partial charge in [-0.3, -0.25) is 14.7 Å². The fourth-order valence-electron chi connectivity index (χ4n) is 5.39. The number of carbonyl (C=O) groups excluding carboxylic acids is 1. The van der Waals surface area contributed by atoms with E-state index in [4.69, 9.17) is 4.98 Å². The second-order valence-corrected chi connectivity index (χ2v) is 8.97. The second kappa shape index (κ2) is 8.80. The van der Waals surface area contributed by atoms with Crippen LogP contribution in [0.15, 0.2) is 54.6 Å². The molecular formula is C27H31N3O. The van der Waals surface area contributed by atoms with E-state index in [-0.39, 0.29) is 5.91 Å². The van der Waals surface area contributed by atoms with Crippen LogP contribution in [0.4, 0.5) is 0 Å². The lowest BCUT2D eigenvalue weighted by Crippen LogP contribution is -2.51. The standard InChI is InChI=1S/C27H31N3O/c1-20-24(19-26(31)30-17-15-29(16-18-30)22-11-5-6-12-22)27(21-9-3-2-4-10-21)23-13-7-8-14-25(23)28-20/h2-4,7-10,13-14,22H,5-6,11-12,15-19H2,1H3. The van der Waals surface area contributed by atoms with Crippen molar-refractivity contribution < 1.29 is 4.79 Å². The van der Waals surface area contributed by atoms with Crippen LogP contribution in [0.2, 0.25) is 0 Å². The van der Waals surface area contributed by atoms with E-state index >= 15 is 0 Å². The van der Waals surface area contributed by atoms with Gasteiger partial charge < -0.3 is 4.90 Å².